The smallest absolute Gasteiger partial charge is 0.257 e. The molecule has 0 aromatic heterocycles. The molecule has 2 N–H and O–H groups in total. The first-order valence-corrected chi connectivity index (χ1v) is 6.61. The van der Waals surface area contributed by atoms with E-state index in [1.165, 1.54) is 0 Å². The van der Waals surface area contributed by atoms with Crippen LogP contribution in [0.15, 0.2) is 18.2 Å². The highest BCUT2D eigenvalue weighted by molar-refractivity contribution is 5.77. The number of hydrogen-bond acceptors (Lipinski definition) is 4. The predicted molar refractivity (Wildman–Crippen MR) is 79.1 cm³/mol. The minimum Gasteiger partial charge on any atom is -0.497 e. The van der Waals surface area contributed by atoms with Gasteiger partial charge in [-0.1, -0.05) is 0 Å². The molecule has 0 aliphatic carbocycles. The maximum absolute atomic E-state index is 11.3. The number of rotatable bonds is 6. The van der Waals surface area contributed by atoms with E-state index in [4.69, 9.17) is 9.47 Å². The number of likely N-dealkylation sites (N-methyl/N-ethyl adjacent to an activating group) is 1. The van der Waals surface area contributed by atoms with Gasteiger partial charge in [0.2, 0.25) is 0 Å². The van der Waals surface area contributed by atoms with Crippen LogP contribution in [-0.2, 0) is 11.3 Å². The van der Waals surface area contributed by atoms with Gasteiger partial charge in [-0.3, -0.25) is 4.79 Å². The Hall–Kier alpha value is -1.75. The van der Waals surface area contributed by atoms with Crippen LogP contribution in [0.2, 0.25) is 0 Å². The molecule has 0 spiro atoms. The molecule has 0 unspecified atom stereocenters. The lowest BCUT2D eigenvalue weighted by molar-refractivity contribution is -0.122. The van der Waals surface area contributed by atoms with E-state index in [2.05, 4.69) is 31.4 Å². The van der Waals surface area contributed by atoms with Gasteiger partial charge in [0.15, 0.2) is 6.61 Å². The summed E-state index contributed by atoms with van der Waals surface area (Å²) in [5.74, 6) is 1.30. The van der Waals surface area contributed by atoms with Crippen molar-refractivity contribution in [1.82, 2.24) is 10.6 Å². The lowest BCUT2D eigenvalue weighted by Gasteiger charge is -2.22. The zero-order valence-corrected chi connectivity index (χ0v) is 12.9. The number of hydrogen-bond donors (Lipinski definition) is 2. The first-order valence-electron chi connectivity index (χ1n) is 6.61. The molecular weight excluding hydrogens is 256 g/mol. The first kappa shape index (κ1) is 16.3. The third-order valence-corrected chi connectivity index (χ3v) is 2.71. The van der Waals surface area contributed by atoms with E-state index < -0.39 is 0 Å². The number of methoxy groups -OCH3 is 1. The molecule has 20 heavy (non-hydrogen) atoms. The molecule has 5 heteroatoms. The molecule has 0 radical (unpaired) electrons. The first-order chi connectivity index (χ1) is 9.35. The molecule has 0 atom stereocenters. The summed E-state index contributed by atoms with van der Waals surface area (Å²) < 4.78 is 10.8. The van der Waals surface area contributed by atoms with Crippen LogP contribution in [0, 0.1) is 0 Å². The van der Waals surface area contributed by atoms with Crippen LogP contribution < -0.4 is 20.1 Å². The van der Waals surface area contributed by atoms with Crippen LogP contribution in [0.4, 0.5) is 0 Å². The molecule has 0 aliphatic heterocycles. The van der Waals surface area contributed by atoms with E-state index in [0.29, 0.717) is 12.3 Å². The minimum atomic E-state index is -0.157. The highest BCUT2D eigenvalue weighted by Crippen LogP contribution is 2.24. The lowest BCUT2D eigenvalue weighted by atomic mass is 10.1. The average molecular weight is 280 g/mol. The molecule has 0 heterocycles. The Morgan fingerprint density at radius 1 is 1.30 bits per heavy atom. The average Bonchev–Trinajstić information content (AvgIpc) is 2.41. The second-order valence-electron chi connectivity index (χ2n) is 5.54. The zero-order chi connectivity index (χ0) is 15.2. The van der Waals surface area contributed by atoms with Gasteiger partial charge in [0, 0.05) is 24.7 Å². The molecule has 1 amide bonds. The fourth-order valence-corrected chi connectivity index (χ4v) is 1.54. The third kappa shape index (κ3) is 5.48. The molecule has 0 fully saturated rings. The minimum absolute atomic E-state index is 0.00113. The standard InChI is InChI=1S/C15H24N2O3/c1-15(2,3)17-9-11-8-12(19-5)6-7-13(11)20-10-14(18)16-4/h6-8,17H,9-10H2,1-5H3,(H,16,18). The van der Waals surface area contributed by atoms with Crippen molar-refractivity contribution >= 4 is 5.91 Å². The molecule has 1 aromatic rings. The van der Waals surface area contributed by atoms with Crippen molar-refractivity contribution in [1.29, 1.82) is 0 Å². The van der Waals surface area contributed by atoms with Crippen LogP contribution in [0.3, 0.4) is 0 Å². The van der Waals surface area contributed by atoms with Gasteiger partial charge >= 0.3 is 0 Å². The number of benzene rings is 1. The summed E-state index contributed by atoms with van der Waals surface area (Å²) in [6.45, 7) is 6.93. The lowest BCUT2D eigenvalue weighted by Crippen LogP contribution is -2.35. The Morgan fingerprint density at radius 2 is 2.00 bits per heavy atom. The van der Waals surface area contributed by atoms with Gasteiger partial charge in [0.05, 0.1) is 7.11 Å². The van der Waals surface area contributed by atoms with Crippen LogP contribution in [0.5, 0.6) is 11.5 Å². The zero-order valence-electron chi connectivity index (χ0n) is 12.9. The van der Waals surface area contributed by atoms with E-state index in [0.717, 1.165) is 11.3 Å². The number of carbonyl (C=O) groups is 1. The van der Waals surface area contributed by atoms with Gasteiger partial charge < -0.3 is 20.1 Å². The molecule has 1 rings (SSSR count). The Kier molecular flexibility index (Phi) is 5.82. The van der Waals surface area contributed by atoms with Crippen molar-refractivity contribution in [3.05, 3.63) is 23.8 Å². The molecule has 1 aromatic carbocycles. The fourth-order valence-electron chi connectivity index (χ4n) is 1.54. The van der Waals surface area contributed by atoms with Crippen molar-refractivity contribution in [2.45, 2.75) is 32.9 Å². The van der Waals surface area contributed by atoms with Gasteiger partial charge in [-0.15, -0.1) is 0 Å². The molecular formula is C15H24N2O3. The molecule has 112 valence electrons. The summed E-state index contributed by atoms with van der Waals surface area (Å²) in [4.78, 5) is 11.3. The molecule has 0 aliphatic rings. The van der Waals surface area contributed by atoms with Crippen molar-refractivity contribution < 1.29 is 14.3 Å². The highest BCUT2D eigenvalue weighted by atomic mass is 16.5. The Labute approximate surface area is 120 Å². The van der Waals surface area contributed by atoms with Crippen molar-refractivity contribution in [2.75, 3.05) is 20.8 Å². The monoisotopic (exact) mass is 280 g/mol. The molecule has 5 nitrogen and oxygen atoms in total. The van der Waals surface area contributed by atoms with E-state index in [-0.39, 0.29) is 18.1 Å². The van der Waals surface area contributed by atoms with E-state index in [1.807, 2.05) is 18.2 Å². The Morgan fingerprint density at radius 3 is 2.55 bits per heavy atom. The topological polar surface area (TPSA) is 59.6 Å². The maximum Gasteiger partial charge on any atom is 0.257 e. The van der Waals surface area contributed by atoms with Crippen LogP contribution in [0.1, 0.15) is 26.3 Å². The summed E-state index contributed by atoms with van der Waals surface area (Å²) >= 11 is 0. The molecule has 0 saturated carbocycles. The van der Waals surface area contributed by atoms with Crippen molar-refractivity contribution in [3.63, 3.8) is 0 Å². The van der Waals surface area contributed by atoms with Gasteiger partial charge in [-0.05, 0) is 39.0 Å². The Bertz CT molecular complexity index is 453. The van der Waals surface area contributed by atoms with E-state index in [1.54, 1.807) is 14.2 Å². The number of nitrogens with one attached hydrogen (secondary N) is 2. The number of amides is 1. The largest absolute Gasteiger partial charge is 0.497 e. The summed E-state index contributed by atoms with van der Waals surface area (Å²) in [5.41, 5.74) is 0.962. The maximum atomic E-state index is 11.3. The SMILES string of the molecule is CNC(=O)COc1ccc(OC)cc1CNC(C)(C)C. The number of ether oxygens (including phenoxy) is 2. The predicted octanol–water partition coefficient (Wildman–Crippen LogP) is 1.71. The van der Waals surface area contributed by atoms with Crippen molar-refractivity contribution in [2.24, 2.45) is 0 Å². The van der Waals surface area contributed by atoms with Crippen LogP contribution >= 0.6 is 0 Å². The van der Waals surface area contributed by atoms with Crippen molar-refractivity contribution in [3.8, 4) is 11.5 Å². The normalized spacial score (nSPS) is 11.1. The van der Waals surface area contributed by atoms with Gasteiger partial charge in [0.1, 0.15) is 11.5 Å². The summed E-state index contributed by atoms with van der Waals surface area (Å²) in [7, 11) is 3.21. The van der Waals surface area contributed by atoms with E-state index in [9.17, 15) is 4.79 Å². The van der Waals surface area contributed by atoms with Gasteiger partial charge in [-0.25, -0.2) is 0 Å². The second kappa shape index (κ2) is 7.14. The quantitative estimate of drug-likeness (QED) is 0.833. The summed E-state index contributed by atoms with van der Waals surface area (Å²) in [5, 5.41) is 5.92. The van der Waals surface area contributed by atoms with Gasteiger partial charge in [-0.2, -0.15) is 0 Å². The highest BCUT2D eigenvalue weighted by Gasteiger charge is 2.12. The van der Waals surface area contributed by atoms with E-state index >= 15 is 0 Å². The van der Waals surface area contributed by atoms with Gasteiger partial charge in [0.25, 0.3) is 5.91 Å². The number of carbonyl (C=O) groups excluding carboxylic acids is 1. The summed E-state index contributed by atoms with van der Waals surface area (Å²) in [6, 6.07) is 5.55. The summed E-state index contributed by atoms with van der Waals surface area (Å²) in [6.07, 6.45) is 0. The molecule has 0 saturated heterocycles. The fraction of sp³-hybridized carbons (Fsp3) is 0.533. The second-order valence-corrected chi connectivity index (χ2v) is 5.54. The van der Waals surface area contributed by atoms with Crippen LogP contribution in [-0.4, -0.2) is 32.2 Å². The third-order valence-electron chi connectivity index (χ3n) is 2.71. The van der Waals surface area contributed by atoms with Crippen LogP contribution in [0.25, 0.3) is 0 Å². The molecule has 0 bridgehead atoms. The Balaban J connectivity index is 2.83.